The molecule has 0 aromatic rings. The predicted octanol–water partition coefficient (Wildman–Crippen LogP) is -0.401. The molecule has 0 saturated heterocycles. The minimum atomic E-state index is -4.20. The van der Waals surface area contributed by atoms with Crippen LogP contribution in [0.2, 0.25) is 0 Å². The quantitative estimate of drug-likeness (QED) is 0.369. The first-order valence-electron chi connectivity index (χ1n) is 2.76. The van der Waals surface area contributed by atoms with Crippen LogP contribution in [0.3, 0.4) is 0 Å². The van der Waals surface area contributed by atoms with Crippen molar-refractivity contribution in [3.05, 3.63) is 0 Å². The van der Waals surface area contributed by atoms with Gasteiger partial charge < -0.3 is 9.79 Å². The molecule has 0 amide bonds. The van der Waals surface area contributed by atoms with Crippen LogP contribution >= 0.6 is 7.82 Å². The molecule has 0 heterocycles. The zero-order chi connectivity index (χ0) is 7.33. The van der Waals surface area contributed by atoms with E-state index in [1.54, 1.807) is 0 Å². The van der Waals surface area contributed by atoms with Crippen LogP contribution in [0.1, 0.15) is 19.8 Å². The van der Waals surface area contributed by atoms with Crippen LogP contribution in [0.5, 0.6) is 0 Å². The van der Waals surface area contributed by atoms with E-state index in [1.807, 2.05) is 6.92 Å². The molecule has 4 nitrogen and oxygen atoms in total. The molecule has 0 unspecified atom stereocenters. The van der Waals surface area contributed by atoms with Gasteiger partial charge in [0.2, 0.25) is 0 Å². The van der Waals surface area contributed by atoms with Crippen LogP contribution in [0, 0.1) is 0 Å². The van der Waals surface area contributed by atoms with Crippen LogP contribution in [0.25, 0.3) is 0 Å². The van der Waals surface area contributed by atoms with Crippen LogP contribution in [-0.4, -0.2) is 75.5 Å². The second kappa shape index (κ2) is 10.2. The summed E-state index contributed by atoms with van der Waals surface area (Å²) in [4.78, 5) is 16.3. The summed E-state index contributed by atoms with van der Waals surface area (Å²) in [6.07, 6.45) is 1.56. The first-order chi connectivity index (χ1) is 4.06. The molecule has 0 aromatic heterocycles. The van der Waals surface area contributed by atoms with E-state index in [2.05, 4.69) is 4.52 Å². The van der Waals surface area contributed by atoms with Gasteiger partial charge in [0.25, 0.3) is 0 Å². The van der Waals surface area contributed by atoms with Gasteiger partial charge in [-0.15, -0.1) is 0 Å². The molecule has 11 heavy (non-hydrogen) atoms. The fourth-order valence-corrected chi connectivity index (χ4v) is 0.695. The molecule has 0 atom stereocenters. The van der Waals surface area contributed by atoms with E-state index in [4.69, 9.17) is 9.79 Å². The number of hydrogen-bond acceptors (Lipinski definition) is 2. The molecule has 60 valence electrons. The maximum absolute atomic E-state index is 9.98. The van der Waals surface area contributed by atoms with Crippen molar-refractivity contribution >= 4 is 66.9 Å². The Hall–Kier alpha value is 2.11. The van der Waals surface area contributed by atoms with E-state index < -0.39 is 7.82 Å². The van der Waals surface area contributed by atoms with Crippen LogP contribution < -0.4 is 0 Å². The summed E-state index contributed by atoms with van der Waals surface area (Å²) in [5, 5.41) is 0. The van der Waals surface area contributed by atoms with E-state index in [1.165, 1.54) is 0 Å². The van der Waals surface area contributed by atoms with Gasteiger partial charge in [-0.1, -0.05) is 13.3 Å². The molecule has 0 aromatic carbocycles. The van der Waals surface area contributed by atoms with Gasteiger partial charge in [-0.25, -0.2) is 4.57 Å². The van der Waals surface area contributed by atoms with Gasteiger partial charge in [0, 0.05) is 0 Å². The zero-order valence-corrected chi connectivity index (χ0v) is 6.17. The Morgan fingerprint density at radius 3 is 2.09 bits per heavy atom. The van der Waals surface area contributed by atoms with E-state index in [9.17, 15) is 4.57 Å². The average Bonchev–Trinajstić information content (AvgIpc) is 1.63. The van der Waals surface area contributed by atoms with Gasteiger partial charge >= 0.3 is 66.9 Å². The summed E-state index contributed by atoms with van der Waals surface area (Å²) in [5.74, 6) is 0. The Morgan fingerprint density at radius 2 is 1.82 bits per heavy atom. The van der Waals surface area contributed by atoms with Crippen molar-refractivity contribution in [2.24, 2.45) is 0 Å². The molecule has 0 spiro atoms. The molecule has 0 rings (SSSR count). The fraction of sp³-hybridized carbons (Fsp3) is 1.00. The normalized spacial score (nSPS) is 9.73. The molecule has 7 heteroatoms. The van der Waals surface area contributed by atoms with Crippen molar-refractivity contribution in [1.82, 2.24) is 0 Å². The minimum absolute atomic E-state index is 0. The van der Waals surface area contributed by atoms with Crippen molar-refractivity contribution in [3.63, 3.8) is 0 Å². The Morgan fingerprint density at radius 1 is 1.36 bits per heavy atom. The topological polar surface area (TPSA) is 66.8 Å². The van der Waals surface area contributed by atoms with Crippen molar-refractivity contribution in [1.29, 1.82) is 0 Å². The third-order valence-corrected chi connectivity index (χ3v) is 1.28. The van der Waals surface area contributed by atoms with E-state index >= 15 is 0 Å². The summed E-state index contributed by atoms with van der Waals surface area (Å²) < 4.78 is 14.1. The van der Waals surface area contributed by atoms with E-state index in [-0.39, 0.29) is 65.7 Å². The van der Waals surface area contributed by atoms with Gasteiger partial charge in [0.15, 0.2) is 0 Å². The monoisotopic (exact) mass is 202 g/mol. The van der Waals surface area contributed by atoms with E-state index in [0.29, 0.717) is 6.42 Å². The zero-order valence-electron chi connectivity index (χ0n) is 5.28. The Bertz CT molecular complexity index is 115. The van der Waals surface area contributed by atoms with Crippen molar-refractivity contribution in [2.45, 2.75) is 19.8 Å². The molecule has 0 aliphatic heterocycles. The molecular weight excluding hydrogens is 189 g/mol. The molecular formula is C4H13Na2O4P. The summed E-state index contributed by atoms with van der Waals surface area (Å²) >= 11 is 0. The van der Waals surface area contributed by atoms with Crippen molar-refractivity contribution < 1.29 is 18.9 Å². The van der Waals surface area contributed by atoms with Crippen LogP contribution in [0.4, 0.5) is 0 Å². The molecule has 0 fully saturated rings. The second-order valence-corrected chi connectivity index (χ2v) is 2.92. The van der Waals surface area contributed by atoms with Gasteiger partial charge in [-0.2, -0.15) is 0 Å². The number of unbranched alkanes of at least 4 members (excludes halogenated alkanes) is 1. The standard InChI is InChI=1S/C4H11O4P.2Na.2H/c1-2-3-4-8-9(5,6)7;;;;/h2-4H2,1H3,(H2,5,6,7);;;;. The Kier molecular flexibility index (Phi) is 17.4. The first kappa shape index (κ1) is 18.8. The summed E-state index contributed by atoms with van der Waals surface area (Å²) in [5.41, 5.74) is 0. The van der Waals surface area contributed by atoms with Gasteiger partial charge in [0.1, 0.15) is 0 Å². The molecule has 2 N–H and O–H groups in total. The van der Waals surface area contributed by atoms with Crippen molar-refractivity contribution in [2.75, 3.05) is 6.61 Å². The first-order valence-corrected chi connectivity index (χ1v) is 4.29. The van der Waals surface area contributed by atoms with Crippen molar-refractivity contribution in [3.8, 4) is 0 Å². The predicted molar refractivity (Wildman–Crippen MR) is 47.2 cm³/mol. The summed E-state index contributed by atoms with van der Waals surface area (Å²) in [7, 11) is -4.20. The second-order valence-electron chi connectivity index (χ2n) is 1.68. The maximum atomic E-state index is 9.98. The van der Waals surface area contributed by atoms with Gasteiger partial charge in [-0.3, -0.25) is 4.52 Å². The Balaban J connectivity index is -0.000000320. The van der Waals surface area contributed by atoms with E-state index in [0.717, 1.165) is 6.42 Å². The summed E-state index contributed by atoms with van der Waals surface area (Å²) in [6.45, 7) is 2.06. The van der Waals surface area contributed by atoms with Crippen LogP contribution in [-0.2, 0) is 9.09 Å². The third kappa shape index (κ3) is 18.8. The third-order valence-electron chi connectivity index (χ3n) is 0.757. The van der Waals surface area contributed by atoms with Gasteiger partial charge in [-0.05, 0) is 6.42 Å². The SMILES string of the molecule is CCCCOP(=O)(O)O.[NaH].[NaH]. The molecule has 0 aliphatic carbocycles. The number of hydrogen-bond donors (Lipinski definition) is 2. The molecule has 0 saturated carbocycles. The van der Waals surface area contributed by atoms with Crippen LogP contribution in [0.15, 0.2) is 0 Å². The fourth-order valence-electron chi connectivity index (χ4n) is 0.328. The number of phosphoric ester groups is 1. The van der Waals surface area contributed by atoms with Gasteiger partial charge in [0.05, 0.1) is 6.61 Å². The summed E-state index contributed by atoms with van der Waals surface area (Å²) in [6, 6.07) is 0. The average molecular weight is 202 g/mol. The Labute approximate surface area is 111 Å². The number of phosphoric acid groups is 1. The number of rotatable bonds is 4. The molecule has 0 radical (unpaired) electrons. The molecule has 0 bridgehead atoms. The molecule has 0 aliphatic rings.